The first-order valence-corrected chi connectivity index (χ1v) is 5.56. The van der Waals surface area contributed by atoms with Gasteiger partial charge in [0.1, 0.15) is 0 Å². The van der Waals surface area contributed by atoms with Crippen molar-refractivity contribution in [2.24, 2.45) is 0 Å². The van der Waals surface area contributed by atoms with Crippen LogP contribution in [0.15, 0.2) is 0 Å². The molecule has 1 unspecified atom stereocenters. The average Bonchev–Trinajstić information content (AvgIpc) is 2.12. The molecule has 3 nitrogen and oxygen atoms in total. The van der Waals surface area contributed by atoms with Crippen molar-refractivity contribution in [2.45, 2.75) is 33.2 Å². The molecule has 0 spiro atoms. The number of halogens is 1. The Morgan fingerprint density at radius 3 is 2.15 bits per heavy atom. The molecule has 0 N–H and O–H groups in total. The zero-order chi connectivity index (χ0) is 10.4. The zero-order valence-electron chi connectivity index (χ0n) is 8.34. The molecule has 0 fully saturated rings. The van der Waals surface area contributed by atoms with Gasteiger partial charge in [0.2, 0.25) is 5.91 Å². The van der Waals surface area contributed by atoms with Crippen LogP contribution in [0.3, 0.4) is 0 Å². The molecule has 0 radical (unpaired) electrons. The maximum atomic E-state index is 11.4. The number of likely N-dealkylation sites (N-methyl/N-ethyl adjacent to an activating group) is 1. The van der Waals surface area contributed by atoms with E-state index in [2.05, 4.69) is 15.9 Å². The van der Waals surface area contributed by atoms with E-state index in [4.69, 9.17) is 0 Å². The fourth-order valence-electron chi connectivity index (χ4n) is 1.37. The molecule has 1 amide bonds. The summed E-state index contributed by atoms with van der Waals surface area (Å²) < 4.78 is 0. The van der Waals surface area contributed by atoms with Crippen molar-refractivity contribution in [1.29, 1.82) is 0 Å². The molecule has 0 aliphatic carbocycles. The lowest BCUT2D eigenvalue weighted by molar-refractivity contribution is -0.136. The van der Waals surface area contributed by atoms with Gasteiger partial charge in [0.05, 0.1) is 11.4 Å². The zero-order valence-corrected chi connectivity index (χ0v) is 9.93. The number of ketones is 1. The van der Waals surface area contributed by atoms with Gasteiger partial charge in [0, 0.05) is 13.5 Å². The van der Waals surface area contributed by atoms with Gasteiger partial charge in [-0.3, -0.25) is 9.59 Å². The van der Waals surface area contributed by atoms with Crippen LogP contribution in [0.5, 0.6) is 0 Å². The van der Waals surface area contributed by atoms with Crippen LogP contribution in [-0.2, 0) is 9.59 Å². The lowest BCUT2D eigenvalue weighted by atomic mass is 10.1. The smallest absolute Gasteiger partial charge is 0.220 e. The topological polar surface area (TPSA) is 37.4 Å². The van der Waals surface area contributed by atoms with E-state index in [1.54, 1.807) is 4.90 Å². The summed E-state index contributed by atoms with van der Waals surface area (Å²) >= 11 is 3.12. The van der Waals surface area contributed by atoms with Crippen LogP contribution >= 0.6 is 15.9 Å². The first-order valence-electron chi connectivity index (χ1n) is 4.44. The van der Waals surface area contributed by atoms with Gasteiger partial charge in [-0.15, -0.1) is 0 Å². The molecule has 76 valence electrons. The van der Waals surface area contributed by atoms with Crippen LogP contribution in [0, 0.1) is 0 Å². The molecule has 0 bridgehead atoms. The van der Waals surface area contributed by atoms with Crippen molar-refractivity contribution in [3.05, 3.63) is 0 Å². The highest BCUT2D eigenvalue weighted by atomic mass is 79.9. The number of nitrogens with zero attached hydrogens (tertiary/aromatic N) is 1. The van der Waals surface area contributed by atoms with E-state index in [1.807, 2.05) is 13.8 Å². The first-order chi connectivity index (χ1) is 6.08. The first kappa shape index (κ1) is 12.6. The van der Waals surface area contributed by atoms with Gasteiger partial charge in [-0.25, -0.2) is 0 Å². The summed E-state index contributed by atoms with van der Waals surface area (Å²) in [6.07, 6.45) is 0.678. The number of hydrogen-bond donors (Lipinski definition) is 0. The summed E-state index contributed by atoms with van der Waals surface area (Å²) in [6, 6.07) is -0.262. The lowest BCUT2D eigenvalue weighted by Gasteiger charge is -2.27. The predicted octanol–water partition coefficient (Wildman–Crippen LogP) is 1.60. The average molecular weight is 250 g/mol. The number of rotatable bonds is 5. The Kier molecular flexibility index (Phi) is 5.95. The van der Waals surface area contributed by atoms with Gasteiger partial charge in [-0.2, -0.15) is 0 Å². The van der Waals surface area contributed by atoms with Crippen LogP contribution in [0.2, 0.25) is 0 Å². The second-order valence-electron chi connectivity index (χ2n) is 2.83. The van der Waals surface area contributed by atoms with Crippen LogP contribution in [-0.4, -0.2) is 34.5 Å². The molecule has 0 aromatic heterocycles. The van der Waals surface area contributed by atoms with Gasteiger partial charge in [0.25, 0.3) is 0 Å². The highest BCUT2D eigenvalue weighted by Gasteiger charge is 2.23. The standard InChI is InChI=1S/C9H16BrNO2/c1-4-8(9(13)6-10)11(5-2)7(3)12/h8H,4-6H2,1-3H3. The summed E-state index contributed by atoms with van der Waals surface area (Å²) in [5, 5.41) is 0.315. The van der Waals surface area contributed by atoms with Crippen molar-refractivity contribution in [3.63, 3.8) is 0 Å². The van der Waals surface area contributed by atoms with Gasteiger partial charge in [0.15, 0.2) is 5.78 Å². The Morgan fingerprint density at radius 1 is 1.38 bits per heavy atom. The van der Waals surface area contributed by atoms with Crippen LogP contribution in [0.1, 0.15) is 27.2 Å². The minimum atomic E-state index is -0.262. The molecule has 0 aliphatic heterocycles. The number of amides is 1. The summed E-state index contributed by atoms with van der Waals surface area (Å²) in [6.45, 7) is 5.88. The van der Waals surface area contributed by atoms with E-state index in [9.17, 15) is 9.59 Å². The van der Waals surface area contributed by atoms with E-state index in [0.29, 0.717) is 18.3 Å². The van der Waals surface area contributed by atoms with E-state index < -0.39 is 0 Å². The van der Waals surface area contributed by atoms with Crippen molar-refractivity contribution < 1.29 is 9.59 Å². The summed E-state index contributed by atoms with van der Waals surface area (Å²) in [5.74, 6) is 0.0307. The molecule has 0 saturated carbocycles. The van der Waals surface area contributed by atoms with E-state index in [1.165, 1.54) is 6.92 Å². The number of alkyl halides is 1. The third kappa shape index (κ3) is 3.46. The minimum Gasteiger partial charge on any atom is -0.333 e. The molecule has 13 heavy (non-hydrogen) atoms. The maximum absolute atomic E-state index is 11.4. The number of carbonyl (C=O) groups is 2. The fourth-order valence-corrected chi connectivity index (χ4v) is 1.75. The van der Waals surface area contributed by atoms with Gasteiger partial charge < -0.3 is 4.90 Å². The normalized spacial score (nSPS) is 12.3. The molecule has 0 aliphatic rings. The van der Waals surface area contributed by atoms with Crippen LogP contribution in [0.4, 0.5) is 0 Å². The summed E-state index contributed by atoms with van der Waals surface area (Å²) in [4.78, 5) is 24.2. The van der Waals surface area contributed by atoms with E-state index in [0.717, 1.165) is 0 Å². The number of Topliss-reactive ketones (excluding diaryl/α,β-unsaturated/α-hetero) is 1. The number of hydrogen-bond acceptors (Lipinski definition) is 2. The Hall–Kier alpha value is -0.380. The molecule has 1 atom stereocenters. The van der Waals surface area contributed by atoms with E-state index in [-0.39, 0.29) is 17.7 Å². The molecule has 0 heterocycles. The maximum Gasteiger partial charge on any atom is 0.220 e. The third-order valence-electron chi connectivity index (χ3n) is 2.01. The highest BCUT2D eigenvalue weighted by Crippen LogP contribution is 2.07. The third-order valence-corrected chi connectivity index (χ3v) is 2.56. The molecule has 0 saturated heterocycles. The van der Waals surface area contributed by atoms with Crippen LogP contribution in [0.25, 0.3) is 0 Å². The molecule has 0 rings (SSSR count). The fraction of sp³-hybridized carbons (Fsp3) is 0.778. The Bertz CT molecular complexity index is 194. The molecule has 0 aromatic carbocycles. The largest absolute Gasteiger partial charge is 0.333 e. The summed E-state index contributed by atoms with van der Waals surface area (Å²) in [5.41, 5.74) is 0. The van der Waals surface area contributed by atoms with Gasteiger partial charge in [-0.1, -0.05) is 22.9 Å². The van der Waals surface area contributed by atoms with E-state index >= 15 is 0 Å². The molecular weight excluding hydrogens is 234 g/mol. The second-order valence-corrected chi connectivity index (χ2v) is 3.39. The van der Waals surface area contributed by atoms with Gasteiger partial charge in [-0.05, 0) is 13.3 Å². The molecule has 4 heteroatoms. The van der Waals surface area contributed by atoms with Crippen molar-refractivity contribution >= 4 is 27.6 Å². The summed E-state index contributed by atoms with van der Waals surface area (Å²) in [7, 11) is 0. The van der Waals surface area contributed by atoms with Crippen LogP contribution < -0.4 is 0 Å². The number of carbonyl (C=O) groups excluding carboxylic acids is 2. The molecule has 0 aromatic rings. The molecular formula is C9H16BrNO2. The Labute approximate surface area is 87.6 Å². The minimum absolute atomic E-state index is 0.0383. The van der Waals surface area contributed by atoms with Gasteiger partial charge >= 0.3 is 0 Å². The lowest BCUT2D eigenvalue weighted by Crippen LogP contribution is -2.44. The second kappa shape index (κ2) is 6.13. The van der Waals surface area contributed by atoms with Crippen molar-refractivity contribution in [1.82, 2.24) is 4.90 Å². The predicted molar refractivity (Wildman–Crippen MR) is 55.9 cm³/mol. The monoisotopic (exact) mass is 249 g/mol. The SMILES string of the molecule is CCC(C(=O)CBr)N(CC)C(C)=O. The highest BCUT2D eigenvalue weighted by molar-refractivity contribution is 9.09. The Balaban J connectivity index is 4.52. The quantitative estimate of drug-likeness (QED) is 0.695. The van der Waals surface area contributed by atoms with Crippen molar-refractivity contribution in [3.8, 4) is 0 Å². The van der Waals surface area contributed by atoms with Crippen molar-refractivity contribution in [2.75, 3.05) is 11.9 Å². The Morgan fingerprint density at radius 2 is 1.92 bits per heavy atom.